The second kappa shape index (κ2) is 3.13. The number of Topliss-reactive ketones (excluding diaryl/α,β-unsaturated/α-hetero) is 1. The third kappa shape index (κ3) is 1.32. The van der Waals surface area contributed by atoms with Gasteiger partial charge in [0.1, 0.15) is 22.8 Å². The van der Waals surface area contributed by atoms with Crippen LogP contribution in [0.25, 0.3) is 0 Å². The highest BCUT2D eigenvalue weighted by Crippen LogP contribution is 2.42. The Balaban J connectivity index is 2.54. The highest BCUT2D eigenvalue weighted by molar-refractivity contribution is 5.90. The summed E-state index contributed by atoms with van der Waals surface area (Å²) < 4.78 is 26.8. The Hall–Kier alpha value is -1.76. The van der Waals surface area contributed by atoms with E-state index in [4.69, 9.17) is 5.26 Å². The van der Waals surface area contributed by atoms with E-state index in [9.17, 15) is 13.6 Å². The molecule has 1 aromatic carbocycles. The van der Waals surface area contributed by atoms with Crippen molar-refractivity contribution in [1.82, 2.24) is 0 Å². The topological polar surface area (TPSA) is 40.9 Å². The van der Waals surface area contributed by atoms with Gasteiger partial charge in [0.15, 0.2) is 0 Å². The molecule has 1 saturated carbocycles. The third-order valence-electron chi connectivity index (χ3n) is 2.65. The summed E-state index contributed by atoms with van der Waals surface area (Å²) in [5.74, 6) is -1.66. The molecular formula is C11H7F2NO. The lowest BCUT2D eigenvalue weighted by atomic mass is 9.64. The van der Waals surface area contributed by atoms with Crippen molar-refractivity contribution < 1.29 is 13.6 Å². The van der Waals surface area contributed by atoms with Crippen LogP contribution in [0, 0.1) is 23.0 Å². The molecule has 0 heterocycles. The minimum Gasteiger partial charge on any atom is -0.300 e. The quantitative estimate of drug-likeness (QED) is 0.707. The standard InChI is InChI=1S/C11H7F2NO/c12-8-2-1-3-9(13)10(8)11(6-14)4-7(15)5-11/h1-3H,4-5H2. The molecule has 4 heteroatoms. The number of nitrogens with zero attached hydrogens (tertiary/aromatic N) is 1. The molecule has 0 atom stereocenters. The van der Waals surface area contributed by atoms with Crippen molar-refractivity contribution in [2.24, 2.45) is 0 Å². The lowest BCUT2D eigenvalue weighted by Crippen LogP contribution is -2.41. The molecule has 0 amide bonds. The maximum Gasteiger partial charge on any atom is 0.136 e. The van der Waals surface area contributed by atoms with Gasteiger partial charge in [-0.1, -0.05) is 6.07 Å². The summed E-state index contributed by atoms with van der Waals surface area (Å²) >= 11 is 0. The molecule has 0 aromatic heterocycles. The molecule has 0 N–H and O–H groups in total. The van der Waals surface area contributed by atoms with E-state index in [0.29, 0.717) is 0 Å². The number of carbonyl (C=O) groups excluding carboxylic acids is 1. The molecule has 0 bridgehead atoms. The van der Waals surface area contributed by atoms with Crippen molar-refractivity contribution in [2.75, 3.05) is 0 Å². The fourth-order valence-corrected chi connectivity index (χ4v) is 1.89. The summed E-state index contributed by atoms with van der Waals surface area (Å²) in [6.07, 6.45) is -0.192. The minimum atomic E-state index is -1.29. The maximum atomic E-state index is 13.4. The number of benzene rings is 1. The van der Waals surface area contributed by atoms with Crippen LogP contribution in [0.2, 0.25) is 0 Å². The number of ketones is 1. The van der Waals surface area contributed by atoms with Crippen LogP contribution in [0.5, 0.6) is 0 Å². The van der Waals surface area contributed by atoms with Gasteiger partial charge in [0.2, 0.25) is 0 Å². The first-order chi connectivity index (χ1) is 7.09. The van der Waals surface area contributed by atoms with E-state index in [1.165, 1.54) is 6.07 Å². The molecule has 2 nitrogen and oxygen atoms in total. The van der Waals surface area contributed by atoms with Crippen LogP contribution in [0.1, 0.15) is 18.4 Å². The van der Waals surface area contributed by atoms with Gasteiger partial charge in [-0.2, -0.15) is 5.26 Å². The Morgan fingerprint density at radius 2 is 1.80 bits per heavy atom. The van der Waals surface area contributed by atoms with Crippen LogP contribution >= 0.6 is 0 Å². The van der Waals surface area contributed by atoms with E-state index in [0.717, 1.165) is 12.1 Å². The predicted octanol–water partition coefficient (Wildman–Crippen LogP) is 2.09. The van der Waals surface area contributed by atoms with Crippen molar-refractivity contribution in [1.29, 1.82) is 5.26 Å². The summed E-state index contributed by atoms with van der Waals surface area (Å²) in [5, 5.41) is 8.92. The summed E-state index contributed by atoms with van der Waals surface area (Å²) in [6, 6.07) is 5.27. The van der Waals surface area contributed by atoms with Gasteiger partial charge in [-0.05, 0) is 12.1 Å². The van der Waals surface area contributed by atoms with Gasteiger partial charge in [-0.15, -0.1) is 0 Å². The maximum absolute atomic E-state index is 13.4. The minimum absolute atomic E-state index is 0.0959. The number of hydrogen-bond donors (Lipinski definition) is 0. The van der Waals surface area contributed by atoms with Gasteiger partial charge >= 0.3 is 0 Å². The molecule has 15 heavy (non-hydrogen) atoms. The zero-order chi connectivity index (χ0) is 11.1. The zero-order valence-corrected chi connectivity index (χ0v) is 7.76. The first kappa shape index (κ1) is 9.78. The zero-order valence-electron chi connectivity index (χ0n) is 7.76. The number of halogens is 2. The fraction of sp³-hybridized carbons (Fsp3) is 0.273. The van der Waals surface area contributed by atoms with Crippen molar-refractivity contribution in [2.45, 2.75) is 18.3 Å². The first-order valence-electron chi connectivity index (χ1n) is 4.46. The molecule has 0 aliphatic heterocycles. The molecule has 76 valence electrons. The molecule has 0 spiro atoms. The van der Waals surface area contributed by atoms with Crippen LogP contribution in [0.4, 0.5) is 8.78 Å². The highest BCUT2D eigenvalue weighted by Gasteiger charge is 2.48. The highest BCUT2D eigenvalue weighted by atomic mass is 19.1. The lowest BCUT2D eigenvalue weighted by Gasteiger charge is -2.34. The molecule has 1 fully saturated rings. The van der Waals surface area contributed by atoms with E-state index in [-0.39, 0.29) is 24.2 Å². The number of nitriles is 1. The second-order valence-electron chi connectivity index (χ2n) is 3.68. The van der Waals surface area contributed by atoms with E-state index in [1.807, 2.05) is 6.07 Å². The summed E-state index contributed by atoms with van der Waals surface area (Å²) in [7, 11) is 0. The van der Waals surface area contributed by atoms with Crippen molar-refractivity contribution >= 4 is 5.78 Å². The van der Waals surface area contributed by atoms with E-state index >= 15 is 0 Å². The van der Waals surface area contributed by atoms with Crippen LogP contribution in [-0.2, 0) is 10.2 Å². The van der Waals surface area contributed by atoms with Gasteiger partial charge in [-0.25, -0.2) is 8.78 Å². The average molecular weight is 207 g/mol. The van der Waals surface area contributed by atoms with Crippen molar-refractivity contribution in [3.8, 4) is 6.07 Å². The lowest BCUT2D eigenvalue weighted by molar-refractivity contribution is -0.126. The van der Waals surface area contributed by atoms with Crippen molar-refractivity contribution in [3.05, 3.63) is 35.4 Å². The predicted molar refractivity (Wildman–Crippen MR) is 47.9 cm³/mol. The molecular weight excluding hydrogens is 200 g/mol. The van der Waals surface area contributed by atoms with Crippen molar-refractivity contribution in [3.63, 3.8) is 0 Å². The average Bonchev–Trinajstić information content (AvgIpc) is 2.14. The molecule has 1 aromatic rings. The van der Waals surface area contributed by atoms with Crippen LogP contribution < -0.4 is 0 Å². The normalized spacial score (nSPS) is 18.1. The summed E-state index contributed by atoms with van der Waals surface area (Å²) in [5.41, 5.74) is -1.56. The van der Waals surface area contributed by atoms with Crippen LogP contribution in [-0.4, -0.2) is 5.78 Å². The first-order valence-corrected chi connectivity index (χ1v) is 4.46. The molecule has 0 radical (unpaired) electrons. The number of hydrogen-bond acceptors (Lipinski definition) is 2. The Morgan fingerprint density at radius 1 is 1.27 bits per heavy atom. The smallest absolute Gasteiger partial charge is 0.136 e. The number of rotatable bonds is 1. The summed E-state index contributed by atoms with van der Waals surface area (Å²) in [6.45, 7) is 0. The van der Waals surface area contributed by atoms with Gasteiger partial charge in [-0.3, -0.25) is 4.79 Å². The second-order valence-corrected chi connectivity index (χ2v) is 3.68. The van der Waals surface area contributed by atoms with Gasteiger partial charge in [0.05, 0.1) is 6.07 Å². The van der Waals surface area contributed by atoms with Gasteiger partial charge < -0.3 is 0 Å². The van der Waals surface area contributed by atoms with Crippen LogP contribution in [0.15, 0.2) is 18.2 Å². The monoisotopic (exact) mass is 207 g/mol. The Morgan fingerprint density at radius 3 is 2.20 bits per heavy atom. The molecule has 1 aliphatic carbocycles. The Bertz CT molecular complexity index is 448. The molecule has 1 aliphatic rings. The van der Waals surface area contributed by atoms with E-state index < -0.39 is 17.0 Å². The Labute approximate surface area is 85.1 Å². The molecule has 0 unspecified atom stereocenters. The Kier molecular flexibility index (Phi) is 2.04. The molecule has 2 rings (SSSR count). The fourth-order valence-electron chi connectivity index (χ4n) is 1.89. The third-order valence-corrected chi connectivity index (χ3v) is 2.65. The van der Waals surface area contributed by atoms with E-state index in [1.54, 1.807) is 0 Å². The number of carbonyl (C=O) groups is 1. The van der Waals surface area contributed by atoms with Gasteiger partial charge in [0.25, 0.3) is 0 Å². The van der Waals surface area contributed by atoms with E-state index in [2.05, 4.69) is 0 Å². The molecule has 0 saturated heterocycles. The SMILES string of the molecule is N#CC1(c2c(F)cccc2F)CC(=O)C1. The van der Waals surface area contributed by atoms with Crippen LogP contribution in [0.3, 0.4) is 0 Å². The largest absolute Gasteiger partial charge is 0.300 e. The van der Waals surface area contributed by atoms with Gasteiger partial charge in [0, 0.05) is 18.4 Å². The summed E-state index contributed by atoms with van der Waals surface area (Å²) in [4.78, 5) is 10.9.